The fraction of sp³-hybridized carbons (Fsp3) is 0.345. The fourth-order valence-electron chi connectivity index (χ4n) is 4.17. The Morgan fingerprint density at radius 3 is 2.26 bits per heavy atom. The van der Waals surface area contributed by atoms with E-state index in [1.807, 2.05) is 36.4 Å². The van der Waals surface area contributed by atoms with Gasteiger partial charge < -0.3 is 20.1 Å². The third-order valence-electron chi connectivity index (χ3n) is 6.12. The number of benzene rings is 3. The standard InChI is InChI=1S/C29H34N4O9S/c1-29(2,3)42-28(36)30-16-15-22(32-43(39,40)25-12-8-7-11-24(25)33(37)38)26(34)31-23(27(35)41-4)18-19-13-14-20-9-5-6-10-21(20)17-19/h5-14,17,22-23,32H,15-16,18H2,1-4H3,(H,30,36)(H,31,34)/t22-,23-/m0/s1. The first-order chi connectivity index (χ1) is 20.2. The minimum atomic E-state index is -4.62. The number of rotatable bonds is 12. The Hall–Kier alpha value is -4.56. The largest absolute Gasteiger partial charge is 0.467 e. The number of methoxy groups -OCH3 is 1. The highest BCUT2D eigenvalue weighted by atomic mass is 32.2. The maximum atomic E-state index is 13.5. The predicted octanol–water partition coefficient (Wildman–Crippen LogP) is 3.21. The number of nitrogens with one attached hydrogen (secondary N) is 3. The van der Waals surface area contributed by atoms with Gasteiger partial charge >= 0.3 is 12.1 Å². The summed E-state index contributed by atoms with van der Waals surface area (Å²) < 4.78 is 38.7. The van der Waals surface area contributed by atoms with Crippen LogP contribution in [0.25, 0.3) is 10.8 Å². The van der Waals surface area contributed by atoms with Gasteiger partial charge in [-0.05, 0) is 49.6 Å². The van der Waals surface area contributed by atoms with Crippen LogP contribution in [0, 0.1) is 10.1 Å². The van der Waals surface area contributed by atoms with Crippen molar-refractivity contribution in [2.45, 2.75) is 56.2 Å². The van der Waals surface area contributed by atoms with E-state index >= 15 is 0 Å². The first-order valence-corrected chi connectivity index (χ1v) is 14.8. The molecule has 2 atom stereocenters. The number of hydrogen-bond donors (Lipinski definition) is 3. The van der Waals surface area contributed by atoms with E-state index in [2.05, 4.69) is 15.4 Å². The molecule has 3 N–H and O–H groups in total. The molecular weight excluding hydrogens is 580 g/mol. The second-order valence-corrected chi connectivity index (χ2v) is 12.3. The van der Waals surface area contributed by atoms with Gasteiger partial charge in [-0.3, -0.25) is 14.9 Å². The molecule has 3 aromatic rings. The van der Waals surface area contributed by atoms with Crippen molar-refractivity contribution in [1.29, 1.82) is 0 Å². The number of carbonyl (C=O) groups is 3. The highest BCUT2D eigenvalue weighted by molar-refractivity contribution is 7.89. The van der Waals surface area contributed by atoms with Crippen LogP contribution in [0.1, 0.15) is 32.8 Å². The molecular formula is C29H34N4O9S. The van der Waals surface area contributed by atoms with Crippen molar-refractivity contribution in [3.05, 3.63) is 82.4 Å². The number of amides is 2. The quantitative estimate of drug-likeness (QED) is 0.157. The monoisotopic (exact) mass is 614 g/mol. The molecule has 0 aliphatic carbocycles. The van der Waals surface area contributed by atoms with E-state index in [9.17, 15) is 32.9 Å². The molecule has 3 aromatic carbocycles. The zero-order valence-electron chi connectivity index (χ0n) is 24.2. The molecule has 0 fully saturated rings. The van der Waals surface area contributed by atoms with Crippen LogP contribution < -0.4 is 15.4 Å². The number of alkyl carbamates (subject to hydrolysis) is 1. The van der Waals surface area contributed by atoms with E-state index in [1.54, 1.807) is 26.8 Å². The Balaban J connectivity index is 1.86. The molecule has 230 valence electrons. The molecule has 0 spiro atoms. The second kappa shape index (κ2) is 14.1. The number of hydrogen-bond acceptors (Lipinski definition) is 9. The number of fused-ring (bicyclic) bond motifs is 1. The van der Waals surface area contributed by atoms with Crippen LogP contribution >= 0.6 is 0 Å². The molecule has 0 aliphatic rings. The molecule has 0 aromatic heterocycles. The minimum Gasteiger partial charge on any atom is -0.467 e. The molecule has 14 heteroatoms. The van der Waals surface area contributed by atoms with Crippen molar-refractivity contribution in [2.24, 2.45) is 0 Å². The van der Waals surface area contributed by atoms with Gasteiger partial charge in [0, 0.05) is 19.0 Å². The number of carbonyl (C=O) groups excluding carboxylic acids is 3. The van der Waals surface area contributed by atoms with Crippen LogP contribution in [-0.4, -0.2) is 62.7 Å². The molecule has 0 radical (unpaired) electrons. The van der Waals surface area contributed by atoms with Gasteiger partial charge in [0.15, 0.2) is 4.90 Å². The van der Waals surface area contributed by atoms with Gasteiger partial charge in [-0.1, -0.05) is 54.6 Å². The van der Waals surface area contributed by atoms with Crippen molar-refractivity contribution in [3.8, 4) is 0 Å². The Morgan fingerprint density at radius 2 is 1.60 bits per heavy atom. The van der Waals surface area contributed by atoms with Gasteiger partial charge in [-0.15, -0.1) is 0 Å². The summed E-state index contributed by atoms with van der Waals surface area (Å²) in [7, 11) is -3.46. The molecule has 0 heterocycles. The molecule has 3 rings (SSSR count). The van der Waals surface area contributed by atoms with Crippen LogP contribution in [0.2, 0.25) is 0 Å². The van der Waals surface area contributed by atoms with Crippen LogP contribution in [0.15, 0.2) is 71.6 Å². The Kier molecular flexibility index (Phi) is 10.8. The summed E-state index contributed by atoms with van der Waals surface area (Å²) in [4.78, 5) is 48.3. The zero-order chi connectivity index (χ0) is 31.8. The van der Waals surface area contributed by atoms with Gasteiger partial charge in [-0.2, -0.15) is 4.72 Å². The summed E-state index contributed by atoms with van der Waals surface area (Å²) in [6.45, 7) is 4.77. The molecule has 0 bridgehead atoms. The lowest BCUT2D eigenvalue weighted by Crippen LogP contribution is -2.53. The summed E-state index contributed by atoms with van der Waals surface area (Å²) in [5.41, 5.74) is -0.784. The lowest BCUT2D eigenvalue weighted by Gasteiger charge is -2.23. The number of nitro benzene ring substituents is 1. The second-order valence-electron chi connectivity index (χ2n) is 10.6. The van der Waals surface area contributed by atoms with E-state index in [4.69, 9.17) is 9.47 Å². The topological polar surface area (TPSA) is 183 Å². The van der Waals surface area contributed by atoms with Gasteiger partial charge in [-0.25, -0.2) is 18.0 Å². The molecule has 0 saturated heterocycles. The molecule has 43 heavy (non-hydrogen) atoms. The first-order valence-electron chi connectivity index (χ1n) is 13.3. The number of para-hydroxylation sites is 1. The van der Waals surface area contributed by atoms with E-state index in [1.165, 1.54) is 12.1 Å². The molecule has 0 saturated carbocycles. The van der Waals surface area contributed by atoms with E-state index in [0.29, 0.717) is 5.56 Å². The Labute approximate surface area is 249 Å². The van der Waals surface area contributed by atoms with Gasteiger partial charge in [0.2, 0.25) is 15.9 Å². The summed E-state index contributed by atoms with van der Waals surface area (Å²) in [6.07, 6.45) is -1.05. The lowest BCUT2D eigenvalue weighted by molar-refractivity contribution is -0.387. The third kappa shape index (κ3) is 9.48. The molecule has 2 amide bonds. The number of nitrogens with zero attached hydrogens (tertiary/aromatic N) is 1. The SMILES string of the molecule is COC(=O)[C@H](Cc1ccc2ccccc2c1)NC(=O)[C@H](CCNC(=O)OC(C)(C)C)NS(=O)(=O)c1ccccc1[N+](=O)[O-]. The van der Waals surface area contributed by atoms with Crippen molar-refractivity contribution in [3.63, 3.8) is 0 Å². The van der Waals surface area contributed by atoms with Gasteiger partial charge in [0.05, 0.1) is 12.0 Å². The summed E-state index contributed by atoms with van der Waals surface area (Å²) in [5.74, 6) is -1.68. The number of sulfonamides is 1. The average Bonchev–Trinajstić information content (AvgIpc) is 2.94. The summed E-state index contributed by atoms with van der Waals surface area (Å²) in [5, 5.41) is 18.4. The zero-order valence-corrected chi connectivity index (χ0v) is 25.0. The van der Waals surface area contributed by atoms with Crippen molar-refractivity contribution < 1.29 is 37.2 Å². The lowest BCUT2D eigenvalue weighted by atomic mass is 10.0. The highest BCUT2D eigenvalue weighted by Gasteiger charge is 2.33. The number of nitro groups is 1. The maximum absolute atomic E-state index is 13.5. The van der Waals surface area contributed by atoms with E-state index in [0.717, 1.165) is 30.0 Å². The molecule has 13 nitrogen and oxygen atoms in total. The summed E-state index contributed by atoms with van der Waals surface area (Å²) in [6, 6.07) is 15.0. The number of ether oxygens (including phenoxy) is 2. The van der Waals surface area contributed by atoms with Crippen LogP contribution in [-0.2, 0) is 35.5 Å². The normalized spacial score (nSPS) is 13.0. The maximum Gasteiger partial charge on any atom is 0.407 e. The van der Waals surface area contributed by atoms with Gasteiger partial charge in [0.1, 0.15) is 17.7 Å². The van der Waals surface area contributed by atoms with Crippen molar-refractivity contribution in [1.82, 2.24) is 15.4 Å². The van der Waals surface area contributed by atoms with Crippen LogP contribution in [0.5, 0.6) is 0 Å². The Bertz CT molecular complexity index is 1600. The molecule has 0 aliphatic heterocycles. The smallest absolute Gasteiger partial charge is 0.407 e. The average molecular weight is 615 g/mol. The minimum absolute atomic E-state index is 0.0308. The number of esters is 1. The van der Waals surface area contributed by atoms with Crippen molar-refractivity contribution >= 4 is 44.5 Å². The van der Waals surface area contributed by atoms with Crippen LogP contribution in [0.3, 0.4) is 0 Å². The predicted molar refractivity (Wildman–Crippen MR) is 158 cm³/mol. The first kappa shape index (κ1) is 32.9. The molecule has 0 unspecified atom stereocenters. The van der Waals surface area contributed by atoms with Gasteiger partial charge in [0.25, 0.3) is 5.69 Å². The van der Waals surface area contributed by atoms with Crippen LogP contribution in [0.4, 0.5) is 10.5 Å². The highest BCUT2D eigenvalue weighted by Crippen LogP contribution is 2.23. The van der Waals surface area contributed by atoms with E-state index < -0.39 is 61.2 Å². The van der Waals surface area contributed by atoms with E-state index in [-0.39, 0.29) is 19.4 Å². The van der Waals surface area contributed by atoms with Crippen molar-refractivity contribution in [2.75, 3.05) is 13.7 Å². The Morgan fingerprint density at radius 1 is 0.953 bits per heavy atom. The third-order valence-corrected chi connectivity index (χ3v) is 7.64. The summed E-state index contributed by atoms with van der Waals surface area (Å²) >= 11 is 0. The fourth-order valence-corrected chi connectivity index (χ4v) is 5.57.